The fraction of sp³-hybridized carbons (Fsp3) is 0.357. The fourth-order valence-corrected chi connectivity index (χ4v) is 3.73. The Hall–Kier alpha value is -1.86. The molecule has 0 amide bonds. The summed E-state index contributed by atoms with van der Waals surface area (Å²) < 4.78 is 28.2. The number of rotatable bonds is 5. The summed E-state index contributed by atoms with van der Waals surface area (Å²) in [5.41, 5.74) is 7.75. The van der Waals surface area contributed by atoms with Crippen LogP contribution in [0, 0.1) is 6.92 Å². The standard InChI is InChI=1S/C14H20N4O2S/c1-4-18(9-12-7-5-6-11(2)8-12)21(19,20)13-10-17(3)16-14(13)15/h5-8,10H,4,9H2,1-3H3,(H2,15,16). The van der Waals surface area contributed by atoms with E-state index in [2.05, 4.69) is 5.10 Å². The lowest BCUT2D eigenvalue weighted by atomic mass is 10.1. The third kappa shape index (κ3) is 3.25. The molecule has 0 atom stereocenters. The number of sulfonamides is 1. The topological polar surface area (TPSA) is 81.2 Å². The minimum atomic E-state index is -3.65. The molecular weight excluding hydrogens is 288 g/mol. The van der Waals surface area contributed by atoms with Crippen LogP contribution >= 0.6 is 0 Å². The van der Waals surface area contributed by atoms with Crippen LogP contribution in [0.15, 0.2) is 35.4 Å². The Balaban J connectivity index is 2.34. The van der Waals surface area contributed by atoms with Crippen molar-refractivity contribution in [1.82, 2.24) is 14.1 Å². The summed E-state index contributed by atoms with van der Waals surface area (Å²) in [6.45, 7) is 4.47. The first-order chi connectivity index (χ1) is 9.84. The van der Waals surface area contributed by atoms with E-state index >= 15 is 0 Å². The highest BCUT2D eigenvalue weighted by Gasteiger charge is 2.27. The van der Waals surface area contributed by atoms with Gasteiger partial charge in [-0.15, -0.1) is 0 Å². The third-order valence-electron chi connectivity index (χ3n) is 3.23. The third-order valence-corrected chi connectivity index (χ3v) is 5.17. The number of hydrogen-bond acceptors (Lipinski definition) is 4. The van der Waals surface area contributed by atoms with Crippen LogP contribution < -0.4 is 5.73 Å². The molecule has 1 aromatic heterocycles. The Morgan fingerprint density at radius 2 is 2.10 bits per heavy atom. The van der Waals surface area contributed by atoms with E-state index in [9.17, 15) is 8.42 Å². The summed E-state index contributed by atoms with van der Waals surface area (Å²) in [5.74, 6) is 0.0280. The van der Waals surface area contributed by atoms with Crippen molar-refractivity contribution in [1.29, 1.82) is 0 Å². The van der Waals surface area contributed by atoms with Gasteiger partial charge in [-0.3, -0.25) is 4.68 Å². The SMILES string of the molecule is CCN(Cc1cccc(C)c1)S(=O)(=O)c1cn(C)nc1N. The van der Waals surface area contributed by atoms with Crippen molar-refractivity contribution >= 4 is 15.8 Å². The summed E-state index contributed by atoms with van der Waals surface area (Å²) in [5, 5.41) is 3.90. The predicted octanol–water partition coefficient (Wildman–Crippen LogP) is 1.52. The van der Waals surface area contributed by atoms with Crippen molar-refractivity contribution < 1.29 is 8.42 Å². The average molecular weight is 308 g/mol. The number of hydrogen-bond donors (Lipinski definition) is 1. The van der Waals surface area contributed by atoms with Crippen LogP contribution in [0.2, 0.25) is 0 Å². The molecule has 0 aliphatic heterocycles. The molecule has 114 valence electrons. The van der Waals surface area contributed by atoms with Gasteiger partial charge in [-0.2, -0.15) is 9.40 Å². The second kappa shape index (κ2) is 5.87. The number of nitrogens with two attached hydrogens (primary N) is 1. The predicted molar refractivity (Wildman–Crippen MR) is 82.1 cm³/mol. The van der Waals surface area contributed by atoms with Crippen molar-refractivity contribution in [3.05, 3.63) is 41.6 Å². The molecule has 1 heterocycles. The molecule has 0 aliphatic rings. The number of nitrogen functional groups attached to an aromatic ring is 1. The summed E-state index contributed by atoms with van der Waals surface area (Å²) in [6.07, 6.45) is 1.43. The summed E-state index contributed by atoms with van der Waals surface area (Å²) in [6, 6.07) is 7.79. The molecule has 7 heteroatoms. The largest absolute Gasteiger partial charge is 0.381 e. The van der Waals surface area contributed by atoms with Crippen molar-refractivity contribution in [2.45, 2.75) is 25.3 Å². The van der Waals surface area contributed by atoms with Gasteiger partial charge in [0.1, 0.15) is 4.90 Å². The van der Waals surface area contributed by atoms with Gasteiger partial charge >= 0.3 is 0 Å². The zero-order chi connectivity index (χ0) is 15.6. The van der Waals surface area contributed by atoms with E-state index in [0.717, 1.165) is 11.1 Å². The van der Waals surface area contributed by atoms with E-state index < -0.39 is 10.0 Å². The van der Waals surface area contributed by atoms with Crippen molar-refractivity contribution in [2.24, 2.45) is 7.05 Å². The van der Waals surface area contributed by atoms with Crippen LogP contribution in [-0.4, -0.2) is 29.0 Å². The molecular formula is C14H20N4O2S. The van der Waals surface area contributed by atoms with Crippen LogP contribution in [-0.2, 0) is 23.6 Å². The smallest absolute Gasteiger partial charge is 0.248 e. The first-order valence-electron chi connectivity index (χ1n) is 6.69. The maximum atomic E-state index is 12.7. The summed E-state index contributed by atoms with van der Waals surface area (Å²) >= 11 is 0. The lowest BCUT2D eigenvalue weighted by Gasteiger charge is -2.20. The Bertz CT molecular complexity index is 737. The van der Waals surface area contributed by atoms with E-state index in [1.165, 1.54) is 15.2 Å². The van der Waals surface area contributed by atoms with Crippen molar-refractivity contribution in [3.8, 4) is 0 Å². The molecule has 0 bridgehead atoms. The van der Waals surface area contributed by atoms with Gasteiger partial charge in [-0.05, 0) is 12.5 Å². The Morgan fingerprint density at radius 1 is 1.38 bits per heavy atom. The lowest BCUT2D eigenvalue weighted by molar-refractivity contribution is 0.423. The quantitative estimate of drug-likeness (QED) is 0.908. The minimum Gasteiger partial charge on any atom is -0.381 e. The molecule has 2 aromatic rings. The molecule has 2 rings (SSSR count). The van der Waals surface area contributed by atoms with E-state index in [1.807, 2.05) is 31.2 Å². The number of nitrogens with zero attached hydrogens (tertiary/aromatic N) is 3. The van der Waals surface area contributed by atoms with Gasteiger partial charge in [-0.1, -0.05) is 36.8 Å². The molecule has 2 N–H and O–H groups in total. The van der Waals surface area contributed by atoms with Gasteiger partial charge in [0.2, 0.25) is 10.0 Å². The number of aryl methyl sites for hydroxylation is 2. The second-order valence-corrected chi connectivity index (χ2v) is 6.88. The fourth-order valence-electron chi connectivity index (χ4n) is 2.20. The molecule has 0 saturated carbocycles. The highest BCUT2D eigenvalue weighted by atomic mass is 32.2. The van der Waals surface area contributed by atoms with Crippen LogP contribution in [0.4, 0.5) is 5.82 Å². The summed E-state index contributed by atoms with van der Waals surface area (Å²) in [4.78, 5) is 0.0551. The number of anilines is 1. The number of aromatic nitrogens is 2. The van der Waals surface area contributed by atoms with Gasteiger partial charge in [0.05, 0.1) is 0 Å². The van der Waals surface area contributed by atoms with Crippen LogP contribution in [0.5, 0.6) is 0 Å². The Kier molecular flexibility index (Phi) is 4.34. The van der Waals surface area contributed by atoms with Crippen LogP contribution in [0.3, 0.4) is 0 Å². The Morgan fingerprint density at radius 3 is 2.62 bits per heavy atom. The van der Waals surface area contributed by atoms with Crippen molar-refractivity contribution in [2.75, 3.05) is 12.3 Å². The Labute approximate surface area is 125 Å². The second-order valence-electron chi connectivity index (χ2n) is 4.97. The van der Waals surface area contributed by atoms with E-state index in [1.54, 1.807) is 14.0 Å². The van der Waals surface area contributed by atoms with Crippen LogP contribution in [0.1, 0.15) is 18.1 Å². The van der Waals surface area contributed by atoms with Gasteiger partial charge in [-0.25, -0.2) is 8.42 Å². The zero-order valence-electron chi connectivity index (χ0n) is 12.4. The summed E-state index contributed by atoms with van der Waals surface area (Å²) in [7, 11) is -2.00. The lowest BCUT2D eigenvalue weighted by Crippen LogP contribution is -2.30. The molecule has 0 fully saturated rings. The molecule has 0 radical (unpaired) electrons. The van der Waals surface area contributed by atoms with Gasteiger partial charge in [0.25, 0.3) is 0 Å². The molecule has 6 nitrogen and oxygen atoms in total. The van der Waals surface area contributed by atoms with E-state index in [4.69, 9.17) is 5.73 Å². The minimum absolute atomic E-state index is 0.0280. The van der Waals surface area contributed by atoms with Crippen LogP contribution in [0.25, 0.3) is 0 Å². The first-order valence-corrected chi connectivity index (χ1v) is 8.13. The van der Waals surface area contributed by atoms with E-state index in [0.29, 0.717) is 13.1 Å². The average Bonchev–Trinajstić information content (AvgIpc) is 2.75. The van der Waals surface area contributed by atoms with Gasteiger partial charge < -0.3 is 5.73 Å². The molecule has 1 aromatic carbocycles. The maximum Gasteiger partial charge on any atom is 0.248 e. The highest BCUT2D eigenvalue weighted by Crippen LogP contribution is 2.22. The molecule has 0 saturated heterocycles. The highest BCUT2D eigenvalue weighted by molar-refractivity contribution is 7.89. The molecule has 0 spiro atoms. The first kappa shape index (κ1) is 15.5. The number of benzene rings is 1. The monoisotopic (exact) mass is 308 g/mol. The van der Waals surface area contributed by atoms with E-state index in [-0.39, 0.29) is 10.7 Å². The van der Waals surface area contributed by atoms with Gasteiger partial charge in [0, 0.05) is 26.3 Å². The zero-order valence-corrected chi connectivity index (χ0v) is 13.3. The molecule has 0 aliphatic carbocycles. The van der Waals surface area contributed by atoms with Crippen molar-refractivity contribution in [3.63, 3.8) is 0 Å². The maximum absolute atomic E-state index is 12.7. The molecule has 0 unspecified atom stereocenters. The van der Waals surface area contributed by atoms with Gasteiger partial charge in [0.15, 0.2) is 5.82 Å². The molecule has 21 heavy (non-hydrogen) atoms. The normalized spacial score (nSPS) is 12.0.